The fourth-order valence-electron chi connectivity index (χ4n) is 6.28. The van der Waals surface area contributed by atoms with E-state index in [1.54, 1.807) is 6.20 Å². The van der Waals surface area contributed by atoms with E-state index < -0.39 is 0 Å². The van der Waals surface area contributed by atoms with Gasteiger partial charge in [0.1, 0.15) is 18.2 Å². The number of para-hydroxylation sites is 1. The molecule has 6 rings (SSSR count). The summed E-state index contributed by atoms with van der Waals surface area (Å²) in [6, 6.07) is 22.7. The number of pyridine rings is 1. The maximum atomic E-state index is 12.3. The van der Waals surface area contributed by atoms with Crippen molar-refractivity contribution in [1.82, 2.24) is 19.7 Å². The summed E-state index contributed by atoms with van der Waals surface area (Å²) in [6.07, 6.45) is 5.22. The van der Waals surface area contributed by atoms with E-state index in [1.165, 1.54) is 6.42 Å². The Bertz CT molecular complexity index is 1790. The van der Waals surface area contributed by atoms with E-state index in [0.717, 1.165) is 76.5 Å². The average molecular weight is 606 g/mol. The molecule has 3 aromatic carbocycles. The zero-order valence-electron chi connectivity index (χ0n) is 26.5. The molecule has 0 radical (unpaired) electrons. The number of nitrogens with two attached hydrogens (primary N) is 1. The highest BCUT2D eigenvalue weighted by molar-refractivity contribution is 5.95. The normalized spacial score (nSPS) is 14.4. The molecule has 0 unspecified atom stereocenters. The van der Waals surface area contributed by atoms with Crippen molar-refractivity contribution in [3.63, 3.8) is 0 Å². The molecule has 0 bridgehead atoms. The third kappa shape index (κ3) is 6.96. The molecule has 234 valence electrons. The Morgan fingerprint density at radius 3 is 2.53 bits per heavy atom. The van der Waals surface area contributed by atoms with Crippen LogP contribution in [0, 0.1) is 5.92 Å². The number of likely N-dealkylation sites (tertiary alicyclic amines) is 1. The van der Waals surface area contributed by atoms with E-state index >= 15 is 0 Å². The third-order valence-electron chi connectivity index (χ3n) is 8.83. The van der Waals surface area contributed by atoms with Crippen LogP contribution in [0.1, 0.15) is 57.3 Å². The van der Waals surface area contributed by atoms with Crippen molar-refractivity contribution in [2.45, 2.75) is 59.1 Å². The fraction of sp³-hybridized carbons (Fsp3) is 0.378. The summed E-state index contributed by atoms with van der Waals surface area (Å²) in [5.41, 5.74) is 11.2. The number of rotatable bonds is 11. The van der Waals surface area contributed by atoms with E-state index in [1.807, 2.05) is 37.3 Å². The molecule has 1 aliphatic rings. The minimum Gasteiger partial charge on any atom is -0.487 e. The first-order valence-corrected chi connectivity index (χ1v) is 16.1. The van der Waals surface area contributed by atoms with Crippen LogP contribution in [0.5, 0.6) is 5.75 Å². The summed E-state index contributed by atoms with van der Waals surface area (Å²) >= 11 is 0. The molecule has 1 saturated heterocycles. The number of ether oxygens (including phenoxy) is 2. The van der Waals surface area contributed by atoms with E-state index in [4.69, 9.17) is 20.3 Å². The first-order valence-electron chi connectivity index (χ1n) is 16.1. The monoisotopic (exact) mass is 605 g/mol. The molecule has 0 saturated carbocycles. The quantitative estimate of drug-likeness (QED) is 0.159. The lowest BCUT2D eigenvalue weighted by molar-refractivity contribution is -0.142. The molecule has 0 atom stereocenters. The number of anilines is 1. The van der Waals surface area contributed by atoms with Crippen LogP contribution >= 0.6 is 0 Å². The lowest BCUT2D eigenvalue weighted by Gasteiger charge is -2.33. The van der Waals surface area contributed by atoms with Gasteiger partial charge < -0.3 is 20.1 Å². The van der Waals surface area contributed by atoms with Gasteiger partial charge in [0.15, 0.2) is 0 Å². The van der Waals surface area contributed by atoms with Gasteiger partial charge in [-0.2, -0.15) is 5.10 Å². The topological polar surface area (TPSA) is 95.5 Å². The van der Waals surface area contributed by atoms with Gasteiger partial charge in [0.2, 0.25) is 0 Å². The molecule has 1 aliphatic heterocycles. The highest BCUT2D eigenvalue weighted by Gasteiger charge is 2.25. The Morgan fingerprint density at radius 2 is 1.76 bits per heavy atom. The van der Waals surface area contributed by atoms with Gasteiger partial charge in [0.05, 0.1) is 30.3 Å². The maximum Gasteiger partial charge on any atom is 0.310 e. The van der Waals surface area contributed by atoms with Crippen LogP contribution in [0.4, 0.5) is 5.82 Å². The van der Waals surface area contributed by atoms with Gasteiger partial charge in [-0.05, 0) is 85.5 Å². The first kappa shape index (κ1) is 30.6. The second kappa shape index (κ2) is 13.7. The number of nitrogens with zero attached hydrogens (tertiary/aromatic N) is 4. The predicted octanol–water partition coefficient (Wildman–Crippen LogP) is 7.20. The van der Waals surface area contributed by atoms with Crippen molar-refractivity contribution in [3.8, 4) is 16.9 Å². The number of hydrogen-bond donors (Lipinski definition) is 1. The van der Waals surface area contributed by atoms with Crippen LogP contribution in [-0.4, -0.2) is 51.9 Å². The van der Waals surface area contributed by atoms with Crippen molar-refractivity contribution in [2.75, 3.05) is 32.0 Å². The number of benzene rings is 3. The predicted molar refractivity (Wildman–Crippen MR) is 180 cm³/mol. The first-order chi connectivity index (χ1) is 21.9. The van der Waals surface area contributed by atoms with Gasteiger partial charge in [0.25, 0.3) is 0 Å². The van der Waals surface area contributed by atoms with E-state index in [-0.39, 0.29) is 18.4 Å². The Hall–Kier alpha value is -4.43. The van der Waals surface area contributed by atoms with Crippen LogP contribution in [0.15, 0.2) is 72.9 Å². The number of nitrogen functional groups attached to an aromatic ring is 1. The van der Waals surface area contributed by atoms with E-state index in [0.29, 0.717) is 30.7 Å². The second-order valence-corrected chi connectivity index (χ2v) is 12.4. The molecular weight excluding hydrogens is 562 g/mol. The molecule has 3 heterocycles. The van der Waals surface area contributed by atoms with E-state index in [9.17, 15) is 4.79 Å². The van der Waals surface area contributed by atoms with E-state index in [2.05, 4.69) is 64.8 Å². The molecule has 8 nitrogen and oxygen atoms in total. The minimum absolute atomic E-state index is 0.170. The summed E-state index contributed by atoms with van der Waals surface area (Å²) in [6.45, 7) is 10.4. The van der Waals surface area contributed by atoms with Crippen molar-refractivity contribution in [3.05, 3.63) is 84.2 Å². The zero-order chi connectivity index (χ0) is 31.3. The fourth-order valence-corrected chi connectivity index (χ4v) is 6.28. The Morgan fingerprint density at radius 1 is 1.00 bits per heavy atom. The maximum absolute atomic E-state index is 12.3. The van der Waals surface area contributed by atoms with Crippen molar-refractivity contribution in [2.24, 2.45) is 5.92 Å². The molecule has 0 amide bonds. The molecular formula is C37H43N5O3. The van der Waals surface area contributed by atoms with Crippen LogP contribution in [0.3, 0.4) is 0 Å². The highest BCUT2D eigenvalue weighted by Crippen LogP contribution is 2.34. The van der Waals surface area contributed by atoms with Gasteiger partial charge in [-0.1, -0.05) is 50.2 Å². The van der Waals surface area contributed by atoms with Crippen LogP contribution < -0.4 is 10.5 Å². The van der Waals surface area contributed by atoms with Gasteiger partial charge in [0, 0.05) is 35.6 Å². The average Bonchev–Trinajstić information content (AvgIpc) is 3.41. The summed E-state index contributed by atoms with van der Waals surface area (Å²) < 4.78 is 13.9. The Kier molecular flexibility index (Phi) is 9.31. The minimum atomic E-state index is -0.260. The number of esters is 1. The summed E-state index contributed by atoms with van der Waals surface area (Å²) in [4.78, 5) is 19.2. The number of carbonyl (C=O) groups excluding carboxylic acids is 1. The van der Waals surface area contributed by atoms with Gasteiger partial charge in [-0.15, -0.1) is 0 Å². The molecule has 5 aromatic rings. The van der Waals surface area contributed by atoms with Gasteiger partial charge in [-0.25, -0.2) is 4.98 Å². The molecule has 45 heavy (non-hydrogen) atoms. The number of piperidine rings is 1. The molecule has 0 spiro atoms. The van der Waals surface area contributed by atoms with Gasteiger partial charge >= 0.3 is 5.97 Å². The van der Waals surface area contributed by atoms with Crippen LogP contribution in [0.25, 0.3) is 32.8 Å². The van der Waals surface area contributed by atoms with Crippen LogP contribution in [-0.2, 0) is 22.6 Å². The summed E-state index contributed by atoms with van der Waals surface area (Å²) in [7, 11) is 0. The lowest BCUT2D eigenvalue weighted by atomic mass is 10.00. The number of fused-ring (bicyclic) bond motifs is 2. The molecule has 8 heteroatoms. The summed E-state index contributed by atoms with van der Waals surface area (Å²) in [5, 5.41) is 8.23. The molecule has 1 fully saturated rings. The van der Waals surface area contributed by atoms with Gasteiger partial charge in [-0.3, -0.25) is 9.48 Å². The zero-order valence-corrected chi connectivity index (χ0v) is 26.5. The Labute approximate surface area is 265 Å². The Balaban J connectivity index is 1.34. The lowest BCUT2D eigenvalue weighted by Crippen LogP contribution is -2.36. The molecule has 0 aliphatic carbocycles. The summed E-state index contributed by atoms with van der Waals surface area (Å²) in [5.74, 6) is 1.66. The third-order valence-corrected chi connectivity index (χ3v) is 8.83. The largest absolute Gasteiger partial charge is 0.487 e. The van der Waals surface area contributed by atoms with Crippen molar-refractivity contribution < 1.29 is 14.3 Å². The second-order valence-electron chi connectivity index (χ2n) is 12.4. The molecule has 2 aromatic heterocycles. The number of carbonyl (C=O) groups is 1. The smallest absolute Gasteiger partial charge is 0.310 e. The van der Waals surface area contributed by atoms with Crippen LogP contribution in [0.2, 0.25) is 0 Å². The highest BCUT2D eigenvalue weighted by atomic mass is 16.5. The number of hydrogen-bond acceptors (Lipinski definition) is 7. The van der Waals surface area contributed by atoms with Crippen molar-refractivity contribution >= 4 is 33.5 Å². The molecule has 2 N–H and O–H groups in total. The van der Waals surface area contributed by atoms with Crippen molar-refractivity contribution in [1.29, 1.82) is 0 Å². The SMILES string of the molecule is CCOC(=O)Cc1ccccc1OCc1c2cc(-c3ccc4ccnc(N)c4c3)ccc2nn1C1CCN(CCC(C)C)CC1. The standard InChI is InChI=1S/C37H43N5O3/c1-4-44-36(43)23-29-7-5-6-8-35(29)45-24-34-32-22-28(27-10-9-26-13-17-39-37(38)31(26)21-27)11-12-33(32)40-42(34)30-15-19-41(20-16-30)18-14-25(2)3/h5-13,17,21-22,25,30H,4,14-16,18-20,23-24H2,1-3H3,(H2,38,39). The number of aromatic nitrogens is 3.